The van der Waals surface area contributed by atoms with E-state index in [0.717, 1.165) is 16.9 Å². The molecule has 2 aromatic carbocycles. The maximum Gasteiger partial charge on any atom is 0.304 e. The van der Waals surface area contributed by atoms with Crippen LogP contribution in [0.3, 0.4) is 0 Å². The molecule has 1 amide bonds. The molecule has 0 bridgehead atoms. The molecule has 0 aliphatic carbocycles. The minimum absolute atomic E-state index is 0. The standard InChI is InChI=1S/C24H23N5O4.ClH/c25-14-20-13-18(27-29(20)19-4-2-1-3-5-19)16-33-21-6-7-22-17(12-21)9-11-28(22)23(30)15-26-10-8-24(31)32;/h1-7,12-13,26H,8-11,15-16H2,(H,31,32);1H. The lowest BCUT2D eigenvalue weighted by Gasteiger charge is -2.18. The number of halogens is 1. The number of benzene rings is 2. The average molecular weight is 482 g/mol. The van der Waals surface area contributed by atoms with E-state index in [1.165, 1.54) is 0 Å². The van der Waals surface area contributed by atoms with Crippen molar-refractivity contribution in [3.63, 3.8) is 0 Å². The highest BCUT2D eigenvalue weighted by Gasteiger charge is 2.24. The molecule has 0 radical (unpaired) electrons. The number of hydrogen-bond acceptors (Lipinski definition) is 6. The number of rotatable bonds is 9. The van der Waals surface area contributed by atoms with Gasteiger partial charge < -0.3 is 20.1 Å². The molecular weight excluding hydrogens is 458 g/mol. The normalized spacial score (nSPS) is 11.9. The molecule has 9 nitrogen and oxygen atoms in total. The number of carbonyl (C=O) groups is 2. The number of ether oxygens (including phenoxy) is 1. The third-order valence-electron chi connectivity index (χ3n) is 5.30. The van der Waals surface area contributed by atoms with Gasteiger partial charge in [-0.05, 0) is 42.3 Å². The first-order chi connectivity index (χ1) is 16.0. The van der Waals surface area contributed by atoms with E-state index in [0.29, 0.717) is 30.1 Å². The summed E-state index contributed by atoms with van der Waals surface area (Å²) < 4.78 is 7.50. The van der Waals surface area contributed by atoms with Gasteiger partial charge in [-0.2, -0.15) is 10.4 Å². The molecule has 0 spiro atoms. The van der Waals surface area contributed by atoms with Crippen LogP contribution in [0.15, 0.2) is 54.6 Å². The van der Waals surface area contributed by atoms with Gasteiger partial charge in [0.15, 0.2) is 0 Å². The lowest BCUT2D eigenvalue weighted by atomic mass is 10.1. The van der Waals surface area contributed by atoms with Crippen molar-refractivity contribution in [1.82, 2.24) is 15.1 Å². The number of hydrogen-bond donors (Lipinski definition) is 2. The number of carboxylic acids is 1. The minimum atomic E-state index is -0.898. The van der Waals surface area contributed by atoms with Crippen molar-refractivity contribution in [2.24, 2.45) is 0 Å². The Morgan fingerprint density at radius 1 is 1.18 bits per heavy atom. The maximum absolute atomic E-state index is 12.5. The van der Waals surface area contributed by atoms with Crippen molar-refractivity contribution < 1.29 is 19.4 Å². The van der Waals surface area contributed by atoms with Crippen molar-refractivity contribution in [3.8, 4) is 17.5 Å². The Morgan fingerprint density at radius 2 is 1.97 bits per heavy atom. The van der Waals surface area contributed by atoms with Gasteiger partial charge >= 0.3 is 5.97 Å². The summed E-state index contributed by atoms with van der Waals surface area (Å²) in [6.45, 7) is 1.13. The van der Waals surface area contributed by atoms with Gasteiger partial charge in [0.05, 0.1) is 18.7 Å². The van der Waals surface area contributed by atoms with Gasteiger partial charge in [-0.3, -0.25) is 9.59 Å². The first-order valence-corrected chi connectivity index (χ1v) is 10.6. The third-order valence-corrected chi connectivity index (χ3v) is 5.30. The van der Waals surface area contributed by atoms with Crippen LogP contribution in [-0.2, 0) is 22.6 Å². The maximum atomic E-state index is 12.5. The lowest BCUT2D eigenvalue weighted by molar-refractivity contribution is -0.137. The molecule has 34 heavy (non-hydrogen) atoms. The van der Waals surface area contributed by atoms with Crippen LogP contribution < -0.4 is 15.0 Å². The first kappa shape index (κ1) is 24.8. The van der Waals surface area contributed by atoms with Crippen molar-refractivity contribution in [2.75, 3.05) is 24.5 Å². The SMILES string of the molecule is Cl.N#Cc1cc(COc2ccc3c(c2)CCN3C(=O)CNCCC(=O)O)nn1-c1ccccc1. The number of nitrogens with one attached hydrogen (secondary N) is 1. The zero-order valence-corrected chi connectivity index (χ0v) is 19.1. The molecule has 0 saturated carbocycles. The zero-order valence-electron chi connectivity index (χ0n) is 18.3. The van der Waals surface area contributed by atoms with Gasteiger partial charge in [-0.1, -0.05) is 18.2 Å². The first-order valence-electron chi connectivity index (χ1n) is 10.6. The Bertz CT molecular complexity index is 1210. The van der Waals surface area contributed by atoms with Gasteiger partial charge in [0.25, 0.3) is 0 Å². The molecule has 2 heterocycles. The minimum Gasteiger partial charge on any atom is -0.487 e. The summed E-state index contributed by atoms with van der Waals surface area (Å²) in [7, 11) is 0. The predicted octanol–water partition coefficient (Wildman–Crippen LogP) is 2.70. The largest absolute Gasteiger partial charge is 0.487 e. The Balaban J connectivity index is 0.00000324. The van der Waals surface area contributed by atoms with Crippen LogP contribution in [0.2, 0.25) is 0 Å². The van der Waals surface area contributed by atoms with Crippen LogP contribution in [0.5, 0.6) is 5.75 Å². The van der Waals surface area contributed by atoms with Gasteiger partial charge in [0.1, 0.15) is 29.8 Å². The summed E-state index contributed by atoms with van der Waals surface area (Å²) in [5, 5.41) is 25.5. The van der Waals surface area contributed by atoms with Crippen LogP contribution in [-0.4, -0.2) is 46.4 Å². The molecule has 0 fully saturated rings. The van der Waals surface area contributed by atoms with E-state index < -0.39 is 5.97 Å². The fourth-order valence-corrected chi connectivity index (χ4v) is 3.72. The van der Waals surface area contributed by atoms with E-state index in [4.69, 9.17) is 9.84 Å². The highest BCUT2D eigenvalue weighted by molar-refractivity contribution is 5.96. The van der Waals surface area contributed by atoms with E-state index in [2.05, 4.69) is 16.5 Å². The Kier molecular flexibility index (Phi) is 8.24. The average Bonchev–Trinajstić information content (AvgIpc) is 3.44. The zero-order chi connectivity index (χ0) is 23.2. The molecule has 10 heteroatoms. The number of anilines is 1. The number of fused-ring (bicyclic) bond motifs is 1. The fourth-order valence-electron chi connectivity index (χ4n) is 3.72. The number of nitrogens with zero attached hydrogens (tertiary/aromatic N) is 4. The number of nitriles is 1. The van der Waals surface area contributed by atoms with Crippen LogP contribution >= 0.6 is 12.4 Å². The molecule has 0 unspecified atom stereocenters. The molecule has 0 saturated heterocycles. The van der Waals surface area contributed by atoms with E-state index in [9.17, 15) is 14.9 Å². The summed E-state index contributed by atoms with van der Waals surface area (Å²) in [4.78, 5) is 24.7. The number of para-hydroxylation sites is 1. The lowest BCUT2D eigenvalue weighted by Crippen LogP contribution is -2.37. The van der Waals surface area contributed by atoms with E-state index >= 15 is 0 Å². The van der Waals surface area contributed by atoms with Gasteiger partial charge in [0.2, 0.25) is 5.91 Å². The van der Waals surface area contributed by atoms with Crippen LogP contribution in [0.4, 0.5) is 5.69 Å². The van der Waals surface area contributed by atoms with Crippen molar-refractivity contribution >= 4 is 30.0 Å². The second-order valence-corrected chi connectivity index (χ2v) is 7.58. The molecular formula is C24H24ClN5O4. The van der Waals surface area contributed by atoms with Crippen LogP contribution in [0, 0.1) is 11.3 Å². The Morgan fingerprint density at radius 3 is 2.71 bits per heavy atom. The number of carbonyl (C=O) groups excluding carboxylic acids is 1. The van der Waals surface area contributed by atoms with Gasteiger partial charge in [-0.15, -0.1) is 12.4 Å². The monoisotopic (exact) mass is 481 g/mol. The second-order valence-electron chi connectivity index (χ2n) is 7.58. The quantitative estimate of drug-likeness (QED) is 0.451. The van der Waals surface area contributed by atoms with Gasteiger partial charge in [0, 0.05) is 24.8 Å². The van der Waals surface area contributed by atoms with Crippen molar-refractivity contribution in [1.29, 1.82) is 5.26 Å². The van der Waals surface area contributed by atoms with Crippen molar-refractivity contribution in [2.45, 2.75) is 19.4 Å². The van der Waals surface area contributed by atoms with E-state index in [1.807, 2.05) is 48.5 Å². The summed E-state index contributed by atoms with van der Waals surface area (Å²) in [5.74, 6) is -0.330. The Hall–Kier alpha value is -3.87. The number of carboxylic acid groups (broad SMARTS) is 1. The molecule has 1 aliphatic rings. The highest BCUT2D eigenvalue weighted by atomic mass is 35.5. The molecule has 3 aromatic rings. The molecule has 2 N–H and O–H groups in total. The smallest absolute Gasteiger partial charge is 0.304 e. The number of aliphatic carboxylic acids is 1. The predicted molar refractivity (Wildman–Crippen MR) is 127 cm³/mol. The Labute approximate surface area is 203 Å². The summed E-state index contributed by atoms with van der Waals surface area (Å²) in [6.07, 6.45) is 0.693. The summed E-state index contributed by atoms with van der Waals surface area (Å²) in [5.41, 5.74) is 3.73. The molecule has 0 atom stereocenters. The van der Waals surface area contributed by atoms with E-state index in [1.54, 1.807) is 15.6 Å². The van der Waals surface area contributed by atoms with Crippen LogP contribution in [0.25, 0.3) is 5.69 Å². The number of amides is 1. The fraction of sp³-hybridized carbons (Fsp3) is 0.250. The molecule has 4 rings (SSSR count). The molecule has 1 aromatic heterocycles. The van der Waals surface area contributed by atoms with Gasteiger partial charge in [-0.25, -0.2) is 4.68 Å². The molecule has 1 aliphatic heterocycles. The van der Waals surface area contributed by atoms with E-state index in [-0.39, 0.29) is 44.4 Å². The topological polar surface area (TPSA) is 120 Å². The summed E-state index contributed by atoms with van der Waals surface area (Å²) in [6, 6.07) is 18.9. The third kappa shape index (κ3) is 5.73. The van der Waals surface area contributed by atoms with Crippen molar-refractivity contribution in [3.05, 3.63) is 71.5 Å². The summed E-state index contributed by atoms with van der Waals surface area (Å²) >= 11 is 0. The second kappa shape index (κ2) is 11.3. The molecule has 176 valence electrons. The highest BCUT2D eigenvalue weighted by Crippen LogP contribution is 2.31. The number of aromatic nitrogens is 2. The van der Waals surface area contributed by atoms with Crippen LogP contribution in [0.1, 0.15) is 23.4 Å².